The van der Waals surface area contributed by atoms with Crippen molar-refractivity contribution in [1.29, 1.82) is 5.26 Å². The largest absolute Gasteiger partial charge is 0.383 e. The Hall–Kier alpha value is -2.65. The first-order valence-electron chi connectivity index (χ1n) is 5.55. The van der Waals surface area contributed by atoms with Crippen molar-refractivity contribution in [2.75, 3.05) is 5.73 Å². The maximum absolute atomic E-state index is 10.9. The summed E-state index contributed by atoms with van der Waals surface area (Å²) in [5.74, 6) is 0.0973. The molecule has 1 aromatic heterocycles. The second-order valence-electron chi connectivity index (χ2n) is 4.11. The van der Waals surface area contributed by atoms with Gasteiger partial charge in [-0.2, -0.15) is 5.26 Å². The minimum Gasteiger partial charge on any atom is -0.383 e. The van der Waals surface area contributed by atoms with Gasteiger partial charge >= 0.3 is 0 Å². The predicted molar refractivity (Wildman–Crippen MR) is 75.2 cm³/mol. The van der Waals surface area contributed by atoms with E-state index in [0.29, 0.717) is 16.8 Å². The van der Waals surface area contributed by atoms with Crippen LogP contribution in [0.2, 0.25) is 5.02 Å². The maximum atomic E-state index is 10.9. The number of hydrogen-bond donors (Lipinski definition) is 1. The third kappa shape index (κ3) is 2.39. The molecule has 0 bridgehead atoms. The van der Waals surface area contributed by atoms with E-state index >= 15 is 0 Å². The zero-order valence-electron chi connectivity index (χ0n) is 10.4. The number of nitrogens with two attached hydrogens (primary N) is 1. The van der Waals surface area contributed by atoms with Crippen LogP contribution in [-0.2, 0) is 0 Å². The molecule has 0 aliphatic heterocycles. The predicted octanol–water partition coefficient (Wildman–Crippen LogP) is 3.07. The van der Waals surface area contributed by atoms with Gasteiger partial charge in [-0.3, -0.25) is 10.1 Å². The summed E-state index contributed by atoms with van der Waals surface area (Å²) in [6, 6.07) is 7.95. The minimum atomic E-state index is -0.574. The van der Waals surface area contributed by atoms with Crippen molar-refractivity contribution in [1.82, 2.24) is 4.98 Å². The van der Waals surface area contributed by atoms with E-state index in [1.165, 1.54) is 12.1 Å². The first-order chi connectivity index (χ1) is 9.43. The van der Waals surface area contributed by atoms with Crippen molar-refractivity contribution in [3.05, 3.63) is 50.7 Å². The van der Waals surface area contributed by atoms with Crippen LogP contribution in [0.3, 0.4) is 0 Å². The topological polar surface area (TPSA) is 106 Å². The third-order valence-corrected chi connectivity index (χ3v) is 3.06. The van der Waals surface area contributed by atoms with Gasteiger partial charge in [0.25, 0.3) is 5.69 Å². The number of nitriles is 1. The molecule has 0 atom stereocenters. The van der Waals surface area contributed by atoms with Gasteiger partial charge in [-0.05, 0) is 24.6 Å². The van der Waals surface area contributed by atoms with Gasteiger partial charge in [-0.15, -0.1) is 0 Å². The van der Waals surface area contributed by atoms with Gasteiger partial charge in [0.15, 0.2) is 0 Å². The molecule has 0 saturated carbocycles. The molecule has 6 nitrogen and oxygen atoms in total. The molecule has 100 valence electrons. The monoisotopic (exact) mass is 288 g/mol. The molecular formula is C13H9ClN4O2. The minimum absolute atomic E-state index is 0.0380. The van der Waals surface area contributed by atoms with Crippen LogP contribution in [0.5, 0.6) is 0 Å². The zero-order valence-corrected chi connectivity index (χ0v) is 11.2. The number of aryl methyl sites for hydroxylation is 1. The molecule has 0 amide bonds. The summed E-state index contributed by atoms with van der Waals surface area (Å²) in [6.45, 7) is 1.73. The quantitative estimate of drug-likeness (QED) is 0.675. The van der Waals surface area contributed by atoms with Crippen molar-refractivity contribution in [2.24, 2.45) is 0 Å². The van der Waals surface area contributed by atoms with E-state index in [1.807, 2.05) is 6.07 Å². The van der Waals surface area contributed by atoms with E-state index in [1.54, 1.807) is 19.1 Å². The standard InChI is InChI=1S/C13H9ClN4O2/c1-7-4-9(10(6-15)13(16)17-7)8-2-3-11(14)12(5-8)18(19)20/h2-5H,1H3,(H2,16,17). The fourth-order valence-electron chi connectivity index (χ4n) is 1.86. The molecule has 2 aromatic rings. The Morgan fingerprint density at radius 3 is 2.75 bits per heavy atom. The number of aromatic nitrogens is 1. The average molecular weight is 289 g/mol. The lowest BCUT2D eigenvalue weighted by atomic mass is 10.00. The Morgan fingerprint density at radius 2 is 2.15 bits per heavy atom. The lowest BCUT2D eigenvalue weighted by molar-refractivity contribution is -0.384. The van der Waals surface area contributed by atoms with Crippen LogP contribution in [0.1, 0.15) is 11.3 Å². The number of benzene rings is 1. The molecule has 0 aliphatic carbocycles. The Balaban J connectivity index is 2.72. The average Bonchev–Trinajstić information content (AvgIpc) is 2.38. The Kier molecular flexibility index (Phi) is 3.55. The third-order valence-electron chi connectivity index (χ3n) is 2.74. The van der Waals surface area contributed by atoms with Gasteiger partial charge in [0.05, 0.1) is 4.92 Å². The number of nitrogen functional groups attached to an aromatic ring is 1. The normalized spacial score (nSPS) is 10.1. The number of hydrogen-bond acceptors (Lipinski definition) is 5. The first-order valence-corrected chi connectivity index (χ1v) is 5.93. The van der Waals surface area contributed by atoms with Crippen LogP contribution < -0.4 is 5.73 Å². The molecule has 2 rings (SSSR count). The van der Waals surface area contributed by atoms with Gasteiger partial charge in [0.1, 0.15) is 22.5 Å². The lowest BCUT2D eigenvalue weighted by Crippen LogP contribution is -1.99. The molecule has 0 radical (unpaired) electrons. The molecule has 0 aliphatic rings. The number of nitro groups is 1. The zero-order chi connectivity index (χ0) is 14.9. The fraction of sp³-hybridized carbons (Fsp3) is 0.0769. The number of halogens is 1. The molecule has 1 heterocycles. The second-order valence-corrected chi connectivity index (χ2v) is 4.51. The SMILES string of the molecule is Cc1cc(-c2ccc(Cl)c([N+](=O)[O-])c2)c(C#N)c(N)n1. The lowest BCUT2D eigenvalue weighted by Gasteiger charge is -2.08. The van der Waals surface area contributed by atoms with E-state index in [2.05, 4.69) is 4.98 Å². The number of rotatable bonds is 2. The first kappa shape index (κ1) is 13.8. The van der Waals surface area contributed by atoms with Crippen molar-refractivity contribution in [3.8, 4) is 17.2 Å². The van der Waals surface area contributed by atoms with E-state index in [-0.39, 0.29) is 22.1 Å². The van der Waals surface area contributed by atoms with Gasteiger partial charge in [-0.25, -0.2) is 4.98 Å². The smallest absolute Gasteiger partial charge is 0.288 e. The molecule has 2 N–H and O–H groups in total. The molecule has 0 unspecified atom stereocenters. The summed E-state index contributed by atoms with van der Waals surface area (Å²) in [4.78, 5) is 14.3. The van der Waals surface area contributed by atoms with E-state index in [9.17, 15) is 10.1 Å². The van der Waals surface area contributed by atoms with Gasteiger partial charge < -0.3 is 5.73 Å². The van der Waals surface area contributed by atoms with Crippen LogP contribution in [0.15, 0.2) is 24.3 Å². The highest BCUT2D eigenvalue weighted by molar-refractivity contribution is 6.32. The number of pyridine rings is 1. The van der Waals surface area contributed by atoms with Crippen LogP contribution >= 0.6 is 11.6 Å². The summed E-state index contributed by atoms with van der Waals surface area (Å²) in [7, 11) is 0. The second kappa shape index (κ2) is 5.15. The van der Waals surface area contributed by atoms with Crippen molar-refractivity contribution >= 4 is 23.1 Å². The number of nitrogens with zero attached hydrogens (tertiary/aromatic N) is 3. The van der Waals surface area contributed by atoms with Crippen molar-refractivity contribution in [2.45, 2.75) is 6.92 Å². The summed E-state index contributed by atoms with van der Waals surface area (Å²) in [6.07, 6.45) is 0. The van der Waals surface area contributed by atoms with Crippen LogP contribution in [0, 0.1) is 28.4 Å². The van der Waals surface area contributed by atoms with Crippen molar-refractivity contribution < 1.29 is 4.92 Å². The summed E-state index contributed by atoms with van der Waals surface area (Å²) in [5.41, 5.74) is 7.28. The summed E-state index contributed by atoms with van der Waals surface area (Å²) in [5, 5.41) is 20.1. The molecule has 7 heteroatoms. The Labute approximate surface area is 119 Å². The van der Waals surface area contributed by atoms with E-state index in [4.69, 9.17) is 22.6 Å². The van der Waals surface area contributed by atoms with Crippen LogP contribution in [0.25, 0.3) is 11.1 Å². The summed E-state index contributed by atoms with van der Waals surface area (Å²) >= 11 is 5.77. The van der Waals surface area contributed by atoms with Crippen LogP contribution in [-0.4, -0.2) is 9.91 Å². The molecule has 20 heavy (non-hydrogen) atoms. The van der Waals surface area contributed by atoms with Gasteiger partial charge in [0.2, 0.25) is 0 Å². The molecule has 0 spiro atoms. The fourth-order valence-corrected chi connectivity index (χ4v) is 2.05. The number of anilines is 1. The highest BCUT2D eigenvalue weighted by atomic mass is 35.5. The van der Waals surface area contributed by atoms with Crippen molar-refractivity contribution in [3.63, 3.8) is 0 Å². The Bertz CT molecular complexity index is 753. The van der Waals surface area contributed by atoms with E-state index < -0.39 is 4.92 Å². The van der Waals surface area contributed by atoms with Crippen LogP contribution in [0.4, 0.5) is 11.5 Å². The highest BCUT2D eigenvalue weighted by Crippen LogP contribution is 2.33. The number of nitro benzene ring substituents is 1. The molecule has 0 fully saturated rings. The summed E-state index contributed by atoms with van der Waals surface area (Å²) < 4.78 is 0. The molecular weight excluding hydrogens is 280 g/mol. The van der Waals surface area contributed by atoms with Gasteiger partial charge in [-0.1, -0.05) is 17.7 Å². The highest BCUT2D eigenvalue weighted by Gasteiger charge is 2.17. The van der Waals surface area contributed by atoms with E-state index in [0.717, 1.165) is 0 Å². The Morgan fingerprint density at radius 1 is 1.45 bits per heavy atom. The molecule has 1 aromatic carbocycles. The van der Waals surface area contributed by atoms with Gasteiger partial charge in [0, 0.05) is 17.3 Å². The molecule has 0 saturated heterocycles. The maximum Gasteiger partial charge on any atom is 0.288 e.